The smallest absolute Gasteiger partial charge is 0.161 e. The Morgan fingerprint density at radius 3 is 2.85 bits per heavy atom. The number of aromatic amines is 1. The van der Waals surface area contributed by atoms with Crippen LogP contribution in [0.5, 0.6) is 5.75 Å². The Balaban J connectivity index is 1.94. The van der Waals surface area contributed by atoms with E-state index in [1.165, 1.54) is 0 Å². The number of nitrogens with zero attached hydrogens (tertiary/aromatic N) is 2. The van der Waals surface area contributed by atoms with E-state index in [0.717, 1.165) is 21.5 Å². The minimum atomic E-state index is -0.623. The van der Waals surface area contributed by atoms with E-state index in [4.69, 9.17) is 9.47 Å². The molecule has 0 spiro atoms. The van der Waals surface area contributed by atoms with E-state index in [1.54, 1.807) is 13.3 Å². The molecule has 1 aromatic carbocycles. The summed E-state index contributed by atoms with van der Waals surface area (Å²) in [4.78, 5) is 7.54. The van der Waals surface area contributed by atoms with Crippen LogP contribution >= 0.6 is 15.9 Å². The molecule has 6 heteroatoms. The number of methoxy groups -OCH3 is 1. The summed E-state index contributed by atoms with van der Waals surface area (Å²) in [6.45, 7) is 0.783. The standard InChI is InChI=1S/C14H12BrN3O2/c1-19-12-3-2-9(4-10(12)15)11-5-17-13(18-11)14(6-16)7-20-8-14/h2-5H,7-8H2,1H3,(H,17,18). The molecule has 0 saturated carbocycles. The minimum Gasteiger partial charge on any atom is -0.496 e. The van der Waals surface area contributed by atoms with Gasteiger partial charge in [0.25, 0.3) is 0 Å². The maximum atomic E-state index is 9.27. The molecule has 1 aliphatic rings. The molecule has 20 heavy (non-hydrogen) atoms. The third-order valence-corrected chi connectivity index (χ3v) is 4.02. The summed E-state index contributed by atoms with van der Waals surface area (Å²) in [5.74, 6) is 1.43. The summed E-state index contributed by atoms with van der Waals surface area (Å²) in [6, 6.07) is 8.05. The quantitative estimate of drug-likeness (QED) is 0.937. The van der Waals surface area contributed by atoms with Crippen molar-refractivity contribution in [2.24, 2.45) is 0 Å². The lowest BCUT2D eigenvalue weighted by Crippen LogP contribution is -2.46. The SMILES string of the molecule is COc1ccc(-c2cnc(C3(C#N)COC3)[nH]2)cc1Br. The zero-order valence-corrected chi connectivity index (χ0v) is 12.4. The highest BCUT2D eigenvalue weighted by atomic mass is 79.9. The van der Waals surface area contributed by atoms with Gasteiger partial charge in [-0.1, -0.05) is 0 Å². The number of aromatic nitrogens is 2. The number of hydrogen-bond donors (Lipinski definition) is 1. The van der Waals surface area contributed by atoms with E-state index >= 15 is 0 Å². The molecule has 0 radical (unpaired) electrons. The van der Waals surface area contributed by atoms with Crippen LogP contribution in [0.25, 0.3) is 11.3 Å². The summed E-state index contributed by atoms with van der Waals surface area (Å²) in [6.07, 6.45) is 1.74. The summed E-state index contributed by atoms with van der Waals surface area (Å²) >= 11 is 3.46. The van der Waals surface area contributed by atoms with Crippen molar-refractivity contribution in [3.8, 4) is 23.1 Å². The van der Waals surface area contributed by atoms with Crippen LogP contribution in [0, 0.1) is 11.3 Å². The van der Waals surface area contributed by atoms with E-state index in [1.807, 2.05) is 18.2 Å². The molecule has 102 valence electrons. The molecule has 3 rings (SSSR count). The lowest BCUT2D eigenvalue weighted by Gasteiger charge is -2.32. The lowest BCUT2D eigenvalue weighted by atomic mass is 9.87. The fourth-order valence-corrected chi connectivity index (χ4v) is 2.65. The van der Waals surface area contributed by atoms with Gasteiger partial charge in [-0.05, 0) is 34.1 Å². The van der Waals surface area contributed by atoms with Crippen LogP contribution in [0.4, 0.5) is 0 Å². The molecule has 2 heterocycles. The van der Waals surface area contributed by atoms with Crippen LogP contribution in [-0.2, 0) is 10.2 Å². The predicted molar refractivity (Wildman–Crippen MR) is 76.4 cm³/mol. The molecule has 1 N–H and O–H groups in total. The maximum Gasteiger partial charge on any atom is 0.161 e. The largest absolute Gasteiger partial charge is 0.496 e. The Bertz CT molecular complexity index is 686. The zero-order chi connectivity index (χ0) is 14.2. The Labute approximate surface area is 124 Å². The molecule has 1 aliphatic heterocycles. The van der Waals surface area contributed by atoms with E-state index < -0.39 is 5.41 Å². The highest BCUT2D eigenvalue weighted by Crippen LogP contribution is 2.33. The number of hydrogen-bond acceptors (Lipinski definition) is 4. The fourth-order valence-electron chi connectivity index (χ4n) is 2.11. The molecule has 5 nitrogen and oxygen atoms in total. The lowest BCUT2D eigenvalue weighted by molar-refractivity contribution is -0.0335. The number of ether oxygens (including phenoxy) is 2. The highest BCUT2D eigenvalue weighted by Gasteiger charge is 2.43. The summed E-state index contributed by atoms with van der Waals surface area (Å²) in [5, 5.41) is 9.27. The fraction of sp³-hybridized carbons (Fsp3) is 0.286. The minimum absolute atomic E-state index is 0.392. The van der Waals surface area contributed by atoms with Crippen LogP contribution < -0.4 is 4.74 Å². The van der Waals surface area contributed by atoms with Gasteiger partial charge >= 0.3 is 0 Å². The van der Waals surface area contributed by atoms with E-state index in [0.29, 0.717) is 19.0 Å². The van der Waals surface area contributed by atoms with Gasteiger partial charge in [0, 0.05) is 5.56 Å². The normalized spacial score (nSPS) is 16.2. The first-order chi connectivity index (χ1) is 9.68. The topological polar surface area (TPSA) is 70.9 Å². The van der Waals surface area contributed by atoms with Crippen molar-refractivity contribution in [3.05, 3.63) is 34.7 Å². The van der Waals surface area contributed by atoms with Gasteiger partial charge in [-0.3, -0.25) is 0 Å². The van der Waals surface area contributed by atoms with Crippen LogP contribution in [-0.4, -0.2) is 30.3 Å². The van der Waals surface area contributed by atoms with Crippen molar-refractivity contribution in [2.75, 3.05) is 20.3 Å². The van der Waals surface area contributed by atoms with Gasteiger partial charge in [-0.25, -0.2) is 4.98 Å². The average molecular weight is 334 g/mol. The Hall–Kier alpha value is -1.84. The van der Waals surface area contributed by atoms with Gasteiger partial charge in [0.05, 0.1) is 42.8 Å². The van der Waals surface area contributed by atoms with Gasteiger partial charge in [-0.15, -0.1) is 0 Å². The van der Waals surface area contributed by atoms with Crippen LogP contribution in [0.3, 0.4) is 0 Å². The van der Waals surface area contributed by atoms with E-state index in [9.17, 15) is 5.26 Å². The van der Waals surface area contributed by atoms with Gasteiger partial charge in [0.2, 0.25) is 0 Å². The number of imidazole rings is 1. The summed E-state index contributed by atoms with van der Waals surface area (Å²) in [5.41, 5.74) is 1.22. The molecule has 0 bridgehead atoms. The monoisotopic (exact) mass is 333 g/mol. The van der Waals surface area contributed by atoms with Gasteiger partial charge in [0.1, 0.15) is 11.6 Å². The first kappa shape index (κ1) is 13.2. The number of benzene rings is 1. The van der Waals surface area contributed by atoms with Crippen LogP contribution in [0.2, 0.25) is 0 Å². The Morgan fingerprint density at radius 2 is 2.30 bits per heavy atom. The number of nitrogens with one attached hydrogen (secondary N) is 1. The van der Waals surface area contributed by atoms with Crippen molar-refractivity contribution in [3.63, 3.8) is 0 Å². The van der Waals surface area contributed by atoms with Gasteiger partial charge in [0.15, 0.2) is 5.41 Å². The average Bonchev–Trinajstić information content (AvgIpc) is 2.88. The van der Waals surface area contributed by atoms with E-state index in [2.05, 4.69) is 32.0 Å². The zero-order valence-electron chi connectivity index (χ0n) is 10.8. The highest BCUT2D eigenvalue weighted by molar-refractivity contribution is 9.10. The molecule has 0 amide bonds. The van der Waals surface area contributed by atoms with Crippen molar-refractivity contribution in [2.45, 2.75) is 5.41 Å². The molecule has 1 aromatic heterocycles. The van der Waals surface area contributed by atoms with Crippen molar-refractivity contribution >= 4 is 15.9 Å². The third kappa shape index (κ3) is 1.99. The number of nitriles is 1. The first-order valence-electron chi connectivity index (χ1n) is 6.07. The first-order valence-corrected chi connectivity index (χ1v) is 6.86. The number of rotatable bonds is 3. The second kappa shape index (κ2) is 4.93. The number of H-pyrrole nitrogens is 1. The van der Waals surface area contributed by atoms with Crippen LogP contribution in [0.15, 0.2) is 28.9 Å². The third-order valence-electron chi connectivity index (χ3n) is 3.40. The Kier molecular flexibility index (Phi) is 3.24. The molecule has 2 aromatic rings. The van der Waals surface area contributed by atoms with Crippen molar-refractivity contribution in [1.29, 1.82) is 5.26 Å². The molecule has 1 saturated heterocycles. The van der Waals surface area contributed by atoms with Gasteiger partial charge in [-0.2, -0.15) is 5.26 Å². The predicted octanol–water partition coefficient (Wildman–Crippen LogP) is 2.64. The summed E-state index contributed by atoms with van der Waals surface area (Å²) in [7, 11) is 1.63. The Morgan fingerprint density at radius 1 is 1.50 bits per heavy atom. The second-order valence-corrected chi connectivity index (χ2v) is 5.54. The van der Waals surface area contributed by atoms with E-state index in [-0.39, 0.29) is 0 Å². The molecule has 0 atom stereocenters. The summed E-state index contributed by atoms with van der Waals surface area (Å²) < 4.78 is 11.2. The van der Waals surface area contributed by atoms with Crippen molar-refractivity contribution < 1.29 is 9.47 Å². The molecular weight excluding hydrogens is 322 g/mol. The molecular formula is C14H12BrN3O2. The molecule has 1 fully saturated rings. The molecule has 0 aliphatic carbocycles. The van der Waals surface area contributed by atoms with Gasteiger partial charge < -0.3 is 14.5 Å². The van der Waals surface area contributed by atoms with Crippen LogP contribution in [0.1, 0.15) is 5.82 Å². The molecule has 0 unspecified atom stereocenters. The maximum absolute atomic E-state index is 9.27. The number of halogens is 1. The van der Waals surface area contributed by atoms with Crippen molar-refractivity contribution in [1.82, 2.24) is 9.97 Å². The second-order valence-electron chi connectivity index (χ2n) is 4.68.